The maximum atomic E-state index is 12.7. The maximum Gasteiger partial charge on any atom is 0.226 e. The summed E-state index contributed by atoms with van der Waals surface area (Å²) in [6, 6.07) is 2.16. The molecule has 0 aliphatic carbocycles. The van der Waals surface area contributed by atoms with Gasteiger partial charge in [-0.1, -0.05) is 0 Å². The molecule has 1 saturated heterocycles. The fourth-order valence-corrected chi connectivity index (χ4v) is 3.20. The maximum absolute atomic E-state index is 12.7. The molecule has 1 N–H and O–H groups in total. The first-order valence-electron chi connectivity index (χ1n) is 8.84. The van der Waals surface area contributed by atoms with E-state index in [9.17, 15) is 4.79 Å². The molecular formula is C17H26N6O2. The lowest BCUT2D eigenvalue weighted by Crippen LogP contribution is -2.33. The van der Waals surface area contributed by atoms with Gasteiger partial charge >= 0.3 is 0 Å². The van der Waals surface area contributed by atoms with Crippen LogP contribution >= 0.6 is 0 Å². The number of rotatable bonds is 6. The van der Waals surface area contributed by atoms with Crippen LogP contribution in [-0.2, 0) is 22.6 Å². The second-order valence-corrected chi connectivity index (χ2v) is 6.62. The lowest BCUT2D eigenvalue weighted by atomic mass is 9.97. The van der Waals surface area contributed by atoms with Crippen LogP contribution in [0.5, 0.6) is 0 Å². The molecule has 3 rings (SSSR count). The van der Waals surface area contributed by atoms with E-state index < -0.39 is 0 Å². The molecule has 8 nitrogen and oxygen atoms in total. The van der Waals surface area contributed by atoms with Crippen LogP contribution in [0.4, 0.5) is 0 Å². The molecular weight excluding hydrogens is 320 g/mol. The van der Waals surface area contributed by atoms with E-state index in [1.165, 1.54) is 0 Å². The third-order valence-electron chi connectivity index (χ3n) is 4.54. The molecule has 2 atom stereocenters. The third kappa shape index (κ3) is 3.58. The van der Waals surface area contributed by atoms with E-state index in [0.29, 0.717) is 26.1 Å². The first kappa shape index (κ1) is 17.6. The van der Waals surface area contributed by atoms with Gasteiger partial charge in [-0.25, -0.2) is 0 Å². The van der Waals surface area contributed by atoms with Gasteiger partial charge in [0.15, 0.2) is 0 Å². The van der Waals surface area contributed by atoms with Gasteiger partial charge in [-0.15, -0.1) is 0 Å². The van der Waals surface area contributed by atoms with Gasteiger partial charge in [-0.05, 0) is 40.2 Å². The number of carbonyl (C=O) groups is 1. The molecule has 25 heavy (non-hydrogen) atoms. The van der Waals surface area contributed by atoms with Crippen LogP contribution in [-0.4, -0.2) is 37.3 Å². The van der Waals surface area contributed by atoms with Crippen molar-refractivity contribution in [2.45, 2.75) is 59.4 Å². The molecule has 0 bridgehead atoms. The zero-order valence-corrected chi connectivity index (χ0v) is 15.3. The second-order valence-electron chi connectivity index (χ2n) is 6.62. The van der Waals surface area contributed by atoms with Crippen molar-refractivity contribution in [3.8, 4) is 0 Å². The van der Waals surface area contributed by atoms with Gasteiger partial charge in [-0.2, -0.15) is 20.1 Å². The number of hydrogen-bond donors (Lipinski definition) is 1. The lowest BCUT2D eigenvalue weighted by Gasteiger charge is -2.20. The Morgan fingerprint density at radius 3 is 2.92 bits per heavy atom. The number of aryl methyl sites for hydroxylation is 2. The number of nitrogens with one attached hydrogen (secondary N) is 1. The molecule has 0 unspecified atom stereocenters. The van der Waals surface area contributed by atoms with Crippen LogP contribution in [0.25, 0.3) is 0 Å². The SMILES string of the molecule is CCn1nc(C)c(CNC(=O)[C@@H]2CCO[C@H]2c2ccnn2C(C)C)n1. The molecule has 1 aliphatic heterocycles. The molecule has 136 valence electrons. The minimum absolute atomic E-state index is 0.00976. The Labute approximate surface area is 147 Å². The van der Waals surface area contributed by atoms with Crippen molar-refractivity contribution in [1.29, 1.82) is 0 Å². The molecule has 8 heteroatoms. The van der Waals surface area contributed by atoms with Gasteiger partial charge in [0.25, 0.3) is 0 Å². The summed E-state index contributed by atoms with van der Waals surface area (Å²) in [5.74, 6) is -0.222. The number of nitrogens with zero attached hydrogens (tertiary/aromatic N) is 5. The summed E-state index contributed by atoms with van der Waals surface area (Å²) in [6.07, 6.45) is 2.22. The molecule has 0 saturated carbocycles. The van der Waals surface area contributed by atoms with Gasteiger partial charge in [0.05, 0.1) is 30.4 Å². The molecule has 3 heterocycles. The largest absolute Gasteiger partial charge is 0.371 e. The van der Waals surface area contributed by atoms with E-state index in [0.717, 1.165) is 17.1 Å². The van der Waals surface area contributed by atoms with Gasteiger partial charge in [-0.3, -0.25) is 9.48 Å². The van der Waals surface area contributed by atoms with Crippen molar-refractivity contribution < 1.29 is 9.53 Å². The van der Waals surface area contributed by atoms with Crippen LogP contribution in [0.3, 0.4) is 0 Å². The van der Waals surface area contributed by atoms with Crippen LogP contribution in [0.2, 0.25) is 0 Å². The van der Waals surface area contributed by atoms with Crippen molar-refractivity contribution in [3.05, 3.63) is 29.3 Å². The van der Waals surface area contributed by atoms with Crippen LogP contribution in [0.15, 0.2) is 12.3 Å². The van der Waals surface area contributed by atoms with Gasteiger partial charge in [0.2, 0.25) is 5.91 Å². The molecule has 0 aromatic carbocycles. The van der Waals surface area contributed by atoms with Crippen molar-refractivity contribution in [1.82, 2.24) is 30.1 Å². The minimum Gasteiger partial charge on any atom is -0.371 e. The Balaban J connectivity index is 1.68. The van der Waals surface area contributed by atoms with Gasteiger partial charge < -0.3 is 10.1 Å². The van der Waals surface area contributed by atoms with Crippen LogP contribution in [0, 0.1) is 12.8 Å². The first-order chi connectivity index (χ1) is 12.0. The van der Waals surface area contributed by atoms with Crippen molar-refractivity contribution >= 4 is 5.91 Å². The summed E-state index contributed by atoms with van der Waals surface area (Å²) in [4.78, 5) is 14.4. The summed E-state index contributed by atoms with van der Waals surface area (Å²) in [5.41, 5.74) is 2.61. The molecule has 2 aromatic heterocycles. The minimum atomic E-state index is -0.252. The standard InChI is InChI=1S/C17H26N6O2/c1-5-22-20-12(4)14(21-22)10-18-17(24)13-7-9-25-16(13)15-6-8-19-23(15)11(2)3/h6,8,11,13,16H,5,7,9-10H2,1-4H3,(H,18,24)/t13-,16-/m1/s1. The van der Waals surface area contributed by atoms with Crippen molar-refractivity contribution in [2.75, 3.05) is 6.61 Å². The Bertz CT molecular complexity index is 735. The van der Waals surface area contributed by atoms with E-state index in [2.05, 4.69) is 34.5 Å². The quantitative estimate of drug-likeness (QED) is 0.861. The van der Waals surface area contributed by atoms with Crippen molar-refractivity contribution in [3.63, 3.8) is 0 Å². The molecule has 1 fully saturated rings. The zero-order chi connectivity index (χ0) is 18.0. The highest BCUT2D eigenvalue weighted by Crippen LogP contribution is 2.35. The summed E-state index contributed by atoms with van der Waals surface area (Å²) in [7, 11) is 0. The first-order valence-corrected chi connectivity index (χ1v) is 8.84. The second kappa shape index (κ2) is 7.35. The van der Waals surface area contributed by atoms with Crippen molar-refractivity contribution in [2.24, 2.45) is 5.92 Å². The Morgan fingerprint density at radius 2 is 2.24 bits per heavy atom. The van der Waals surface area contributed by atoms with E-state index in [-0.39, 0.29) is 24.0 Å². The highest BCUT2D eigenvalue weighted by atomic mass is 16.5. The van der Waals surface area contributed by atoms with E-state index in [1.807, 2.05) is 24.6 Å². The average molecular weight is 346 g/mol. The van der Waals surface area contributed by atoms with E-state index >= 15 is 0 Å². The Morgan fingerprint density at radius 1 is 1.44 bits per heavy atom. The van der Waals surface area contributed by atoms with Crippen LogP contribution < -0.4 is 5.32 Å². The summed E-state index contributed by atoms with van der Waals surface area (Å²) < 4.78 is 7.79. The monoisotopic (exact) mass is 346 g/mol. The molecule has 1 aliphatic rings. The smallest absolute Gasteiger partial charge is 0.226 e. The molecule has 0 radical (unpaired) electrons. The summed E-state index contributed by atoms with van der Waals surface area (Å²) in [5, 5.41) is 16.0. The number of carbonyl (C=O) groups excluding carboxylic acids is 1. The zero-order valence-electron chi connectivity index (χ0n) is 15.3. The van der Waals surface area contributed by atoms with Crippen LogP contribution in [0.1, 0.15) is 56.4 Å². The van der Waals surface area contributed by atoms with Gasteiger partial charge in [0.1, 0.15) is 11.8 Å². The molecule has 1 amide bonds. The third-order valence-corrected chi connectivity index (χ3v) is 4.54. The number of aromatic nitrogens is 5. The topological polar surface area (TPSA) is 86.9 Å². The molecule has 0 spiro atoms. The highest BCUT2D eigenvalue weighted by molar-refractivity contribution is 5.79. The Hall–Kier alpha value is -2.22. The van der Waals surface area contributed by atoms with E-state index in [1.54, 1.807) is 11.0 Å². The number of amides is 1. The van der Waals surface area contributed by atoms with Gasteiger partial charge in [0, 0.05) is 18.8 Å². The summed E-state index contributed by atoms with van der Waals surface area (Å²) >= 11 is 0. The fraction of sp³-hybridized carbons (Fsp3) is 0.647. The highest BCUT2D eigenvalue weighted by Gasteiger charge is 2.37. The normalized spacial score (nSPS) is 20.4. The molecule has 2 aromatic rings. The predicted molar refractivity (Wildman–Crippen MR) is 91.7 cm³/mol. The predicted octanol–water partition coefficient (Wildman–Crippen LogP) is 1.78. The Kier molecular flexibility index (Phi) is 5.17. The number of ether oxygens (including phenoxy) is 1. The average Bonchev–Trinajstić information content (AvgIpc) is 3.30. The summed E-state index contributed by atoms with van der Waals surface area (Å²) in [6.45, 7) is 9.71. The van der Waals surface area contributed by atoms with E-state index in [4.69, 9.17) is 4.74 Å². The lowest BCUT2D eigenvalue weighted by molar-refractivity contribution is -0.127. The number of hydrogen-bond acceptors (Lipinski definition) is 5. The fourth-order valence-electron chi connectivity index (χ4n) is 3.20.